The number of hydrogen-bond donors (Lipinski definition) is 0. The van der Waals surface area contributed by atoms with Gasteiger partial charge < -0.3 is 9.26 Å². The van der Waals surface area contributed by atoms with Gasteiger partial charge in [-0.1, -0.05) is 23.4 Å². The molecule has 2 aromatic heterocycles. The standard InChI is InChI=1S/C17H17N7O2/c1-17(2,25-3)15-20-16(26-21-15)23-10-19-14-11-6-4-5-7-12(11)22-9-18-8-13(22)24(14)23/h4-10,14H,1-3H3. The van der Waals surface area contributed by atoms with Crippen LogP contribution in [0.2, 0.25) is 0 Å². The average Bonchev–Trinajstić information content (AvgIpc) is 3.38. The number of methoxy groups -OCH3 is 1. The molecule has 2 aliphatic heterocycles. The largest absolute Gasteiger partial charge is 0.371 e. The van der Waals surface area contributed by atoms with Crippen molar-refractivity contribution in [3.8, 4) is 5.69 Å². The molecule has 0 amide bonds. The molecule has 0 fully saturated rings. The van der Waals surface area contributed by atoms with Gasteiger partial charge >= 0.3 is 6.01 Å². The maximum absolute atomic E-state index is 5.49. The number of benzene rings is 1. The van der Waals surface area contributed by atoms with Crippen molar-refractivity contribution in [2.75, 3.05) is 17.1 Å². The Morgan fingerprint density at radius 2 is 2.08 bits per heavy atom. The van der Waals surface area contributed by atoms with Crippen LogP contribution in [-0.4, -0.2) is 33.1 Å². The minimum atomic E-state index is -0.645. The molecule has 0 aliphatic carbocycles. The summed E-state index contributed by atoms with van der Waals surface area (Å²) in [5.41, 5.74) is 1.49. The number of ether oxygens (including phenoxy) is 1. The monoisotopic (exact) mass is 351 g/mol. The number of hydrazine groups is 1. The summed E-state index contributed by atoms with van der Waals surface area (Å²) in [6, 6.07) is 8.45. The van der Waals surface area contributed by atoms with E-state index in [0.717, 1.165) is 17.1 Å². The zero-order chi connectivity index (χ0) is 17.9. The van der Waals surface area contributed by atoms with Crippen LogP contribution in [-0.2, 0) is 10.3 Å². The van der Waals surface area contributed by atoms with Gasteiger partial charge in [0.15, 0.2) is 12.0 Å². The van der Waals surface area contributed by atoms with Crippen molar-refractivity contribution < 1.29 is 9.26 Å². The molecular formula is C17H17N7O2. The van der Waals surface area contributed by atoms with Crippen molar-refractivity contribution in [3.05, 3.63) is 48.2 Å². The van der Waals surface area contributed by atoms with E-state index >= 15 is 0 Å². The zero-order valence-electron chi connectivity index (χ0n) is 14.6. The maximum atomic E-state index is 5.49. The Bertz CT molecular complexity index is 1010. The Labute approximate surface area is 149 Å². The summed E-state index contributed by atoms with van der Waals surface area (Å²) < 4.78 is 12.9. The molecule has 0 saturated carbocycles. The third-order valence-corrected chi connectivity index (χ3v) is 4.77. The van der Waals surface area contributed by atoms with Crippen molar-refractivity contribution >= 4 is 18.2 Å². The highest BCUT2D eigenvalue weighted by molar-refractivity contribution is 5.84. The van der Waals surface area contributed by atoms with Gasteiger partial charge in [0.25, 0.3) is 0 Å². The van der Waals surface area contributed by atoms with Gasteiger partial charge in [-0.15, -0.1) is 0 Å². The lowest BCUT2D eigenvalue weighted by Gasteiger charge is -2.35. The number of imidazole rings is 1. The van der Waals surface area contributed by atoms with Gasteiger partial charge in [-0.2, -0.15) is 9.99 Å². The Hall–Kier alpha value is -3.20. The first-order chi connectivity index (χ1) is 12.6. The second-order valence-corrected chi connectivity index (χ2v) is 6.62. The van der Waals surface area contributed by atoms with Crippen LogP contribution in [0.15, 0.2) is 46.3 Å². The number of nitrogens with zero attached hydrogens (tertiary/aromatic N) is 7. The Kier molecular flexibility index (Phi) is 2.99. The predicted molar refractivity (Wildman–Crippen MR) is 94.1 cm³/mol. The molecule has 0 spiro atoms. The van der Waals surface area contributed by atoms with E-state index < -0.39 is 5.60 Å². The molecule has 132 valence electrons. The molecule has 26 heavy (non-hydrogen) atoms. The van der Waals surface area contributed by atoms with Crippen molar-refractivity contribution in [1.82, 2.24) is 19.7 Å². The third kappa shape index (κ3) is 1.94. The first kappa shape index (κ1) is 15.1. The van der Waals surface area contributed by atoms with Gasteiger partial charge in [0.05, 0.1) is 11.9 Å². The highest BCUT2D eigenvalue weighted by atomic mass is 16.5. The van der Waals surface area contributed by atoms with E-state index in [2.05, 4.69) is 32.2 Å². The molecule has 9 nitrogen and oxygen atoms in total. The van der Waals surface area contributed by atoms with Crippen molar-refractivity contribution in [3.63, 3.8) is 0 Å². The molecule has 1 atom stereocenters. The summed E-state index contributed by atoms with van der Waals surface area (Å²) in [5, 5.41) is 7.79. The summed E-state index contributed by atoms with van der Waals surface area (Å²) in [6.07, 6.45) is 5.07. The van der Waals surface area contributed by atoms with Crippen LogP contribution >= 0.6 is 0 Å². The molecule has 0 N–H and O–H groups in total. The van der Waals surface area contributed by atoms with Gasteiger partial charge in [-0.25, -0.2) is 15.0 Å². The normalized spacial score (nSPS) is 18.0. The van der Waals surface area contributed by atoms with E-state index in [4.69, 9.17) is 9.26 Å². The van der Waals surface area contributed by atoms with E-state index in [-0.39, 0.29) is 6.17 Å². The zero-order valence-corrected chi connectivity index (χ0v) is 14.6. The van der Waals surface area contributed by atoms with Crippen LogP contribution in [0.25, 0.3) is 5.69 Å². The van der Waals surface area contributed by atoms with E-state index in [1.807, 2.05) is 35.6 Å². The van der Waals surface area contributed by atoms with E-state index in [1.165, 1.54) is 0 Å². The molecule has 4 heterocycles. The van der Waals surface area contributed by atoms with Gasteiger partial charge in [0.1, 0.15) is 18.3 Å². The molecule has 3 aromatic rings. The van der Waals surface area contributed by atoms with Gasteiger partial charge in [-0.3, -0.25) is 4.57 Å². The first-order valence-corrected chi connectivity index (χ1v) is 8.23. The molecule has 9 heteroatoms. The molecule has 0 radical (unpaired) electrons. The summed E-state index contributed by atoms with van der Waals surface area (Å²) in [5.74, 6) is 1.34. The Balaban J connectivity index is 1.59. The average molecular weight is 351 g/mol. The van der Waals surface area contributed by atoms with Crippen LogP contribution in [0.1, 0.15) is 31.4 Å². The number of anilines is 2. The Morgan fingerprint density at radius 3 is 2.92 bits per heavy atom. The van der Waals surface area contributed by atoms with Crippen LogP contribution < -0.4 is 10.0 Å². The number of aromatic nitrogens is 4. The van der Waals surface area contributed by atoms with E-state index in [1.54, 1.807) is 31.0 Å². The topological polar surface area (TPSA) is 84.8 Å². The molecular weight excluding hydrogens is 334 g/mol. The smallest absolute Gasteiger partial charge is 0.348 e. The second-order valence-electron chi connectivity index (χ2n) is 6.62. The summed E-state index contributed by atoms with van der Waals surface area (Å²) in [6.45, 7) is 3.77. The molecule has 2 aliphatic rings. The van der Waals surface area contributed by atoms with E-state index in [9.17, 15) is 0 Å². The highest BCUT2D eigenvalue weighted by Crippen LogP contribution is 2.42. The molecule has 1 aromatic carbocycles. The van der Waals surface area contributed by atoms with Crippen molar-refractivity contribution in [1.29, 1.82) is 0 Å². The van der Waals surface area contributed by atoms with Crippen LogP contribution in [0, 0.1) is 0 Å². The van der Waals surface area contributed by atoms with E-state index in [0.29, 0.717) is 11.8 Å². The number of fused-ring (bicyclic) bond motifs is 6. The molecule has 5 rings (SSSR count). The van der Waals surface area contributed by atoms with Crippen LogP contribution in [0.4, 0.5) is 11.8 Å². The SMILES string of the molecule is COC(C)(C)c1noc(N2C=NC3c4ccccc4-n4cncc4N32)n1. The summed E-state index contributed by atoms with van der Waals surface area (Å²) in [4.78, 5) is 13.5. The number of para-hydroxylation sites is 1. The Morgan fingerprint density at radius 1 is 1.23 bits per heavy atom. The maximum Gasteiger partial charge on any atom is 0.348 e. The minimum absolute atomic E-state index is 0.207. The highest BCUT2D eigenvalue weighted by Gasteiger charge is 2.40. The fraction of sp³-hybridized carbons (Fsp3) is 0.294. The third-order valence-electron chi connectivity index (χ3n) is 4.77. The van der Waals surface area contributed by atoms with Crippen molar-refractivity contribution in [2.24, 2.45) is 4.99 Å². The van der Waals surface area contributed by atoms with Crippen LogP contribution in [0.5, 0.6) is 0 Å². The summed E-state index contributed by atoms with van der Waals surface area (Å²) >= 11 is 0. The van der Waals surface area contributed by atoms with Gasteiger partial charge in [-0.05, 0) is 19.9 Å². The lowest BCUT2D eigenvalue weighted by Crippen LogP contribution is -2.42. The summed E-state index contributed by atoms with van der Waals surface area (Å²) in [7, 11) is 1.61. The van der Waals surface area contributed by atoms with Crippen LogP contribution in [0.3, 0.4) is 0 Å². The molecule has 0 saturated heterocycles. The lowest BCUT2D eigenvalue weighted by atomic mass is 10.1. The number of aliphatic imine (C=N–C) groups is 1. The fourth-order valence-corrected chi connectivity index (χ4v) is 3.16. The number of hydrogen-bond acceptors (Lipinski definition) is 8. The second kappa shape index (κ2) is 5.15. The number of rotatable bonds is 3. The minimum Gasteiger partial charge on any atom is -0.371 e. The predicted octanol–water partition coefficient (Wildman–Crippen LogP) is 2.42. The molecule has 1 unspecified atom stereocenters. The lowest BCUT2D eigenvalue weighted by molar-refractivity contribution is 0.00973. The van der Waals surface area contributed by atoms with Gasteiger partial charge in [0.2, 0.25) is 5.82 Å². The van der Waals surface area contributed by atoms with Gasteiger partial charge in [0, 0.05) is 12.7 Å². The quantitative estimate of drug-likeness (QED) is 0.716. The van der Waals surface area contributed by atoms with Crippen molar-refractivity contribution in [2.45, 2.75) is 25.6 Å². The first-order valence-electron chi connectivity index (χ1n) is 8.23. The fourth-order valence-electron chi connectivity index (χ4n) is 3.16. The molecule has 0 bridgehead atoms.